The van der Waals surface area contributed by atoms with Crippen molar-refractivity contribution in [3.8, 4) is 0 Å². The van der Waals surface area contributed by atoms with Gasteiger partial charge in [0, 0.05) is 17.7 Å². The molecule has 0 amide bonds. The van der Waals surface area contributed by atoms with Crippen molar-refractivity contribution in [2.75, 3.05) is 5.75 Å². The van der Waals surface area contributed by atoms with Crippen molar-refractivity contribution >= 4 is 74.2 Å². The summed E-state index contributed by atoms with van der Waals surface area (Å²) in [4.78, 5) is 29.2. The Morgan fingerprint density at radius 2 is 1.54 bits per heavy atom. The largest absolute Gasteiger partial charge is 0.349 e. The minimum Gasteiger partial charge on any atom is -0.349 e. The number of carbonyl (C=O) groups is 2. The predicted octanol–water partition coefficient (Wildman–Crippen LogP) is 2.50. The topological polar surface area (TPSA) is 128 Å². The lowest BCUT2D eigenvalue weighted by molar-refractivity contribution is -0.140. The fraction of sp³-hybridized carbons (Fsp3) is 0.533. The standard InChI is InChI=1S/C4H5NO2.2C4H5NOS.C3H5NO2S/c2*1-3-2-4(6)7-5-3;1-3-2-4(7)6-5-3;1-3-2-7(5)6-4-3/h4*2H2,1H3. The summed E-state index contributed by atoms with van der Waals surface area (Å²) in [5.74, 6) is 0.220. The second-order valence-corrected chi connectivity index (χ2v) is 8.07. The highest BCUT2D eigenvalue weighted by Gasteiger charge is 2.12. The molecule has 0 aromatic carbocycles. The van der Waals surface area contributed by atoms with E-state index in [1.807, 2.05) is 13.8 Å². The van der Waals surface area contributed by atoms with Crippen molar-refractivity contribution in [1.82, 2.24) is 0 Å². The summed E-state index contributed by atoms with van der Waals surface area (Å²) >= 11 is 4.56. The van der Waals surface area contributed by atoms with Crippen LogP contribution in [0.15, 0.2) is 19.9 Å². The molecule has 0 spiro atoms. The van der Waals surface area contributed by atoms with Gasteiger partial charge in [-0.15, -0.1) is 0 Å². The Hall–Kier alpha value is -1.99. The smallest absolute Gasteiger partial charge is 0.340 e. The molecule has 28 heavy (non-hydrogen) atoms. The average molecular weight is 449 g/mol. The first kappa shape index (κ1) is 24.0. The third-order valence-corrected chi connectivity index (χ3v) is 4.58. The maximum Gasteiger partial charge on any atom is 0.340 e. The second-order valence-electron chi connectivity index (χ2n) is 5.75. The van der Waals surface area contributed by atoms with Crippen LogP contribution < -0.4 is 0 Å². The Kier molecular flexibility index (Phi) is 10.7. The molecule has 0 aliphatic carbocycles. The van der Waals surface area contributed by atoms with Gasteiger partial charge in [0.1, 0.15) is 5.75 Å². The van der Waals surface area contributed by atoms with E-state index in [-0.39, 0.29) is 11.1 Å². The molecule has 0 bridgehead atoms. The zero-order valence-corrected chi connectivity index (χ0v) is 18.2. The van der Waals surface area contributed by atoms with Gasteiger partial charge in [-0.05, 0) is 39.9 Å². The lowest BCUT2D eigenvalue weighted by Gasteiger charge is -1.79. The molecule has 0 saturated heterocycles. The Labute approximate surface area is 174 Å². The minimum absolute atomic E-state index is 0.164. The molecule has 0 N–H and O–H groups in total. The average Bonchev–Trinajstić information content (AvgIpc) is 3.37. The summed E-state index contributed by atoms with van der Waals surface area (Å²) in [7, 11) is 0. The van der Waals surface area contributed by atoms with Gasteiger partial charge in [0.25, 0.3) is 0 Å². The minimum atomic E-state index is -1.16. The van der Waals surface area contributed by atoms with Gasteiger partial charge in [-0.25, -0.2) is 13.4 Å². The fourth-order valence-electron chi connectivity index (χ4n) is 1.54. The molecule has 1 atom stereocenters. The van der Waals surface area contributed by atoms with Crippen LogP contribution in [0.5, 0.6) is 0 Å². The van der Waals surface area contributed by atoms with Crippen molar-refractivity contribution < 1.29 is 27.8 Å². The molecular weight excluding hydrogens is 428 g/mol. The Morgan fingerprint density at radius 3 is 1.68 bits per heavy atom. The van der Waals surface area contributed by atoms with E-state index in [9.17, 15) is 13.8 Å². The first-order chi connectivity index (χ1) is 13.2. The molecule has 13 heteroatoms. The molecule has 0 radical (unpaired) electrons. The molecule has 4 aliphatic rings. The second kappa shape index (κ2) is 12.5. The molecule has 4 heterocycles. The molecule has 0 aromatic rings. The van der Waals surface area contributed by atoms with Gasteiger partial charge in [-0.3, -0.25) is 9.08 Å². The Morgan fingerprint density at radius 1 is 0.893 bits per heavy atom. The van der Waals surface area contributed by atoms with E-state index < -0.39 is 11.1 Å². The van der Waals surface area contributed by atoms with E-state index in [4.69, 9.17) is 0 Å². The van der Waals surface area contributed by atoms with Crippen molar-refractivity contribution in [3.63, 3.8) is 0 Å². The zero-order valence-electron chi connectivity index (χ0n) is 15.8. The van der Waals surface area contributed by atoms with Gasteiger partial charge >= 0.3 is 5.97 Å². The molecule has 4 aliphatic heterocycles. The van der Waals surface area contributed by atoms with Crippen LogP contribution in [0, 0.1) is 0 Å². The van der Waals surface area contributed by atoms with Gasteiger partial charge in [0.2, 0.25) is 21.2 Å². The van der Waals surface area contributed by atoms with Crippen LogP contribution in [0.3, 0.4) is 0 Å². The molecule has 0 saturated carbocycles. The maximum atomic E-state index is 10.3. The number of nitrogens with zero attached hydrogens (tertiary/aromatic N) is 4. The van der Waals surface area contributed by atoms with E-state index >= 15 is 0 Å². The Balaban J connectivity index is 0.000000187. The molecule has 0 fully saturated rings. The van der Waals surface area contributed by atoms with E-state index in [1.54, 1.807) is 13.8 Å². The van der Waals surface area contributed by atoms with Gasteiger partial charge < -0.3 is 9.68 Å². The number of thiocarbonyl (C=S) groups is 1. The number of hydrogen-bond donors (Lipinski definition) is 0. The monoisotopic (exact) mass is 448 g/mol. The summed E-state index contributed by atoms with van der Waals surface area (Å²) in [5.41, 5.74) is 3.46. The molecule has 0 aromatic heterocycles. The summed E-state index contributed by atoms with van der Waals surface area (Å²) in [6.45, 7) is 7.28. The SMILES string of the molecule is CC1=NOC(=O)C1.CC1=NOC(=S)C1.CC1=NOS(=O)C1.CC1=NSC(=O)C1. The van der Waals surface area contributed by atoms with Crippen LogP contribution in [-0.4, -0.2) is 48.9 Å². The molecule has 154 valence electrons. The van der Waals surface area contributed by atoms with Crippen LogP contribution in [0.25, 0.3) is 0 Å². The van der Waals surface area contributed by atoms with Crippen molar-refractivity contribution in [2.45, 2.75) is 47.0 Å². The van der Waals surface area contributed by atoms with E-state index in [1.165, 1.54) is 0 Å². The zero-order chi connectivity index (χ0) is 21.1. The number of rotatable bonds is 0. The van der Waals surface area contributed by atoms with Gasteiger partial charge in [0.15, 0.2) is 0 Å². The van der Waals surface area contributed by atoms with Crippen LogP contribution in [0.4, 0.5) is 0 Å². The summed E-state index contributed by atoms with van der Waals surface area (Å²) < 4.78 is 18.4. The predicted molar refractivity (Wildman–Crippen MR) is 113 cm³/mol. The molecule has 10 nitrogen and oxygen atoms in total. The van der Waals surface area contributed by atoms with E-state index in [0.717, 1.165) is 41.2 Å². The highest BCUT2D eigenvalue weighted by Crippen LogP contribution is 2.15. The number of carbonyl (C=O) groups excluding carboxylic acids is 2. The highest BCUT2D eigenvalue weighted by molar-refractivity contribution is 8.13. The van der Waals surface area contributed by atoms with Crippen LogP contribution >= 0.6 is 24.2 Å². The van der Waals surface area contributed by atoms with Gasteiger partial charge in [0.05, 0.1) is 36.4 Å². The fourth-order valence-corrected chi connectivity index (χ4v) is 3.03. The molecule has 4 rings (SSSR count). The molecule has 1 unspecified atom stereocenters. The normalized spacial score (nSPS) is 21.9. The lowest BCUT2D eigenvalue weighted by Crippen LogP contribution is -1.95. The lowest BCUT2D eigenvalue weighted by atomic mass is 10.3. The van der Waals surface area contributed by atoms with Crippen LogP contribution in [0.2, 0.25) is 0 Å². The van der Waals surface area contributed by atoms with Crippen molar-refractivity contribution in [2.24, 2.45) is 19.9 Å². The first-order valence-corrected chi connectivity index (χ1v) is 10.4. The summed E-state index contributed by atoms with van der Waals surface area (Å²) in [5, 5.41) is 11.2. The summed E-state index contributed by atoms with van der Waals surface area (Å²) in [6, 6.07) is 0. The third kappa shape index (κ3) is 11.0. The number of hydrogen-bond acceptors (Lipinski definition) is 12. The van der Waals surface area contributed by atoms with Gasteiger partial charge in [-0.1, -0.05) is 15.5 Å². The molecular formula is C15H20N4O6S3. The van der Waals surface area contributed by atoms with E-state index in [0.29, 0.717) is 23.6 Å². The van der Waals surface area contributed by atoms with Crippen molar-refractivity contribution in [1.29, 1.82) is 0 Å². The quantitative estimate of drug-likeness (QED) is 0.314. The van der Waals surface area contributed by atoms with Gasteiger partial charge in [-0.2, -0.15) is 0 Å². The Bertz CT molecular complexity index is 648. The third-order valence-electron chi connectivity index (χ3n) is 2.71. The van der Waals surface area contributed by atoms with Crippen LogP contribution in [-0.2, 0) is 34.6 Å². The number of oxime groups is 3. The highest BCUT2D eigenvalue weighted by atomic mass is 32.2. The van der Waals surface area contributed by atoms with E-state index in [2.05, 4.69) is 46.0 Å². The summed E-state index contributed by atoms with van der Waals surface area (Å²) in [6.07, 6.45) is 1.64. The van der Waals surface area contributed by atoms with Crippen LogP contribution in [0.1, 0.15) is 47.0 Å². The maximum absolute atomic E-state index is 10.3. The van der Waals surface area contributed by atoms with Crippen molar-refractivity contribution in [3.05, 3.63) is 0 Å². The first-order valence-electron chi connectivity index (χ1n) is 7.95.